The van der Waals surface area contributed by atoms with Crippen LogP contribution >= 0.6 is 11.3 Å². The molecule has 2 amide bonds. The molecular weight excluding hydrogens is 336 g/mol. The summed E-state index contributed by atoms with van der Waals surface area (Å²) in [4.78, 5) is 28.9. The molecule has 1 fully saturated rings. The number of benzene rings is 1. The maximum atomic E-state index is 12.2. The number of aromatic nitrogens is 1. The lowest BCUT2D eigenvalue weighted by molar-refractivity contribution is 0.0943. The monoisotopic (exact) mass is 358 g/mol. The van der Waals surface area contributed by atoms with E-state index >= 15 is 0 Å². The minimum Gasteiger partial charge on any atom is -0.362 e. The van der Waals surface area contributed by atoms with Gasteiger partial charge < -0.3 is 16.0 Å². The molecule has 1 heterocycles. The third-order valence-corrected chi connectivity index (χ3v) is 4.79. The summed E-state index contributed by atoms with van der Waals surface area (Å²) < 4.78 is 0. The van der Waals surface area contributed by atoms with Crippen LogP contribution in [0, 0.1) is 0 Å². The molecule has 1 saturated carbocycles. The Morgan fingerprint density at radius 2 is 1.96 bits per heavy atom. The molecule has 2 aromatic rings. The topological polar surface area (TPSA) is 83.1 Å². The smallest absolute Gasteiger partial charge is 0.263 e. The van der Waals surface area contributed by atoms with Gasteiger partial charge in [0.25, 0.3) is 11.8 Å². The van der Waals surface area contributed by atoms with Gasteiger partial charge in [-0.25, -0.2) is 4.98 Å². The van der Waals surface area contributed by atoms with Crippen molar-refractivity contribution in [3.8, 4) is 0 Å². The highest BCUT2D eigenvalue weighted by Crippen LogP contribution is 2.20. The molecule has 7 heteroatoms. The van der Waals surface area contributed by atoms with Crippen LogP contribution in [0.3, 0.4) is 0 Å². The fraction of sp³-hybridized carbons (Fsp3) is 0.389. The molecule has 0 radical (unpaired) electrons. The van der Waals surface area contributed by atoms with Crippen LogP contribution in [0.25, 0.3) is 0 Å². The Morgan fingerprint density at radius 3 is 2.64 bits per heavy atom. The minimum absolute atomic E-state index is 0.0325. The van der Waals surface area contributed by atoms with E-state index in [2.05, 4.69) is 27.9 Å². The van der Waals surface area contributed by atoms with E-state index in [1.165, 1.54) is 11.3 Å². The fourth-order valence-electron chi connectivity index (χ4n) is 2.23. The van der Waals surface area contributed by atoms with Crippen molar-refractivity contribution in [3.63, 3.8) is 0 Å². The number of anilines is 1. The van der Waals surface area contributed by atoms with Crippen molar-refractivity contribution >= 4 is 28.3 Å². The molecule has 0 bridgehead atoms. The molecule has 1 aliphatic rings. The van der Waals surface area contributed by atoms with Gasteiger partial charge in [0.05, 0.1) is 6.20 Å². The van der Waals surface area contributed by atoms with E-state index in [0.717, 1.165) is 36.5 Å². The first kappa shape index (κ1) is 17.4. The molecule has 3 N–H and O–H groups in total. The molecule has 1 aliphatic carbocycles. The Morgan fingerprint density at radius 1 is 1.20 bits per heavy atom. The molecule has 0 spiro atoms. The second-order valence-electron chi connectivity index (χ2n) is 6.08. The highest BCUT2D eigenvalue weighted by atomic mass is 32.1. The molecule has 1 aromatic carbocycles. The Bertz CT molecular complexity index is 738. The summed E-state index contributed by atoms with van der Waals surface area (Å²) >= 11 is 1.35. The fourth-order valence-corrected chi connectivity index (χ4v) is 2.99. The molecule has 0 aliphatic heterocycles. The summed E-state index contributed by atoms with van der Waals surface area (Å²) in [5, 5.41) is 9.77. The molecule has 0 unspecified atom stereocenters. The summed E-state index contributed by atoms with van der Waals surface area (Å²) in [5.74, 6) is -0.174. The average Bonchev–Trinajstić information content (AvgIpc) is 3.32. The van der Waals surface area contributed by atoms with Crippen molar-refractivity contribution in [1.29, 1.82) is 0 Å². The second kappa shape index (κ2) is 8.11. The highest BCUT2D eigenvalue weighted by Gasteiger charge is 2.23. The van der Waals surface area contributed by atoms with E-state index in [-0.39, 0.29) is 11.8 Å². The van der Waals surface area contributed by atoms with Crippen molar-refractivity contribution in [2.75, 3.05) is 11.9 Å². The second-order valence-corrected chi connectivity index (χ2v) is 7.11. The zero-order valence-corrected chi connectivity index (χ0v) is 15.0. The van der Waals surface area contributed by atoms with Gasteiger partial charge in [-0.1, -0.05) is 30.4 Å². The van der Waals surface area contributed by atoms with Crippen LogP contribution in [-0.2, 0) is 6.54 Å². The molecule has 132 valence electrons. The van der Waals surface area contributed by atoms with Gasteiger partial charge in [-0.2, -0.15) is 0 Å². The van der Waals surface area contributed by atoms with Crippen LogP contribution in [0.1, 0.15) is 51.8 Å². The van der Waals surface area contributed by atoms with Crippen molar-refractivity contribution < 1.29 is 9.59 Å². The normalized spacial score (nSPS) is 13.3. The SMILES string of the molecule is CCCNc1ncc(C(=O)NCc2ccc(C(=O)NC3CC3)cc2)s1. The van der Waals surface area contributed by atoms with E-state index in [1.807, 2.05) is 12.1 Å². The zero-order chi connectivity index (χ0) is 17.6. The number of nitrogens with one attached hydrogen (secondary N) is 3. The summed E-state index contributed by atoms with van der Waals surface area (Å²) in [5.41, 5.74) is 1.60. The van der Waals surface area contributed by atoms with Gasteiger partial charge in [-0.15, -0.1) is 0 Å². The molecule has 3 rings (SSSR count). The molecule has 1 aromatic heterocycles. The number of hydrogen-bond donors (Lipinski definition) is 3. The predicted octanol–water partition coefficient (Wildman–Crippen LogP) is 2.79. The van der Waals surface area contributed by atoms with Crippen LogP contribution < -0.4 is 16.0 Å². The molecule has 0 atom stereocenters. The minimum atomic E-state index is -0.141. The molecule has 6 nitrogen and oxygen atoms in total. The maximum absolute atomic E-state index is 12.2. The number of nitrogens with zero attached hydrogens (tertiary/aromatic N) is 1. The summed E-state index contributed by atoms with van der Waals surface area (Å²) in [6.45, 7) is 3.34. The number of carbonyl (C=O) groups excluding carboxylic acids is 2. The lowest BCUT2D eigenvalue weighted by Gasteiger charge is -2.06. The summed E-state index contributed by atoms with van der Waals surface area (Å²) in [6.07, 6.45) is 4.74. The lowest BCUT2D eigenvalue weighted by Crippen LogP contribution is -2.25. The summed E-state index contributed by atoms with van der Waals surface area (Å²) in [7, 11) is 0. The van der Waals surface area contributed by atoms with Crippen LogP contribution in [0.4, 0.5) is 5.13 Å². The highest BCUT2D eigenvalue weighted by molar-refractivity contribution is 7.17. The first-order valence-electron chi connectivity index (χ1n) is 8.53. The molecule has 0 saturated heterocycles. The number of rotatable bonds is 8. The number of amides is 2. The van der Waals surface area contributed by atoms with E-state index in [0.29, 0.717) is 23.0 Å². The molecular formula is C18H22N4O2S. The Labute approximate surface area is 151 Å². The number of hydrogen-bond acceptors (Lipinski definition) is 5. The number of carbonyl (C=O) groups is 2. The van der Waals surface area contributed by atoms with E-state index < -0.39 is 0 Å². The van der Waals surface area contributed by atoms with Gasteiger partial charge in [-0.3, -0.25) is 9.59 Å². The van der Waals surface area contributed by atoms with Gasteiger partial charge in [0.1, 0.15) is 4.88 Å². The van der Waals surface area contributed by atoms with Crippen molar-refractivity contribution in [1.82, 2.24) is 15.6 Å². The van der Waals surface area contributed by atoms with Gasteiger partial charge >= 0.3 is 0 Å². The van der Waals surface area contributed by atoms with Crippen molar-refractivity contribution in [3.05, 3.63) is 46.5 Å². The quantitative estimate of drug-likeness (QED) is 0.678. The van der Waals surface area contributed by atoms with Gasteiger partial charge in [0.15, 0.2) is 5.13 Å². The van der Waals surface area contributed by atoms with Crippen molar-refractivity contribution in [2.45, 2.75) is 38.8 Å². The third kappa shape index (κ3) is 5.03. The van der Waals surface area contributed by atoms with Crippen LogP contribution in [0.2, 0.25) is 0 Å². The maximum Gasteiger partial charge on any atom is 0.263 e. The van der Waals surface area contributed by atoms with E-state index in [9.17, 15) is 9.59 Å². The van der Waals surface area contributed by atoms with E-state index in [4.69, 9.17) is 0 Å². The largest absolute Gasteiger partial charge is 0.362 e. The molecule has 25 heavy (non-hydrogen) atoms. The summed E-state index contributed by atoms with van der Waals surface area (Å²) in [6, 6.07) is 7.66. The van der Waals surface area contributed by atoms with Gasteiger partial charge in [0, 0.05) is 24.7 Å². The standard InChI is InChI=1S/C18H22N4O2S/c1-2-9-19-18-21-11-15(25-18)17(24)20-10-12-3-5-13(6-4-12)16(23)22-14-7-8-14/h3-6,11,14H,2,7-10H2,1H3,(H,19,21)(H,20,24)(H,22,23). The van der Waals surface area contributed by atoms with Crippen LogP contribution in [0.15, 0.2) is 30.5 Å². The third-order valence-electron chi connectivity index (χ3n) is 3.84. The Kier molecular flexibility index (Phi) is 5.65. The average molecular weight is 358 g/mol. The van der Waals surface area contributed by atoms with Crippen molar-refractivity contribution in [2.24, 2.45) is 0 Å². The predicted molar refractivity (Wildman–Crippen MR) is 99.0 cm³/mol. The van der Waals surface area contributed by atoms with Crippen LogP contribution in [-0.4, -0.2) is 29.4 Å². The van der Waals surface area contributed by atoms with Gasteiger partial charge in [0.2, 0.25) is 0 Å². The lowest BCUT2D eigenvalue weighted by atomic mass is 10.1. The number of thiazole rings is 1. The first-order valence-corrected chi connectivity index (χ1v) is 9.35. The zero-order valence-electron chi connectivity index (χ0n) is 14.2. The Hall–Kier alpha value is -2.41. The van der Waals surface area contributed by atoms with E-state index in [1.54, 1.807) is 18.3 Å². The van der Waals surface area contributed by atoms with Crippen LogP contribution in [0.5, 0.6) is 0 Å². The first-order chi connectivity index (χ1) is 12.2. The Balaban J connectivity index is 1.49. The van der Waals surface area contributed by atoms with Gasteiger partial charge in [-0.05, 0) is 37.0 Å².